The zero-order valence-corrected chi connectivity index (χ0v) is 30.1. The van der Waals surface area contributed by atoms with Gasteiger partial charge in [-0.1, -0.05) is 89.8 Å². The molecule has 0 atom stereocenters. The van der Waals surface area contributed by atoms with E-state index in [1.807, 2.05) is 34.0 Å². The average Bonchev–Trinajstić information content (AvgIpc) is 3.74. The van der Waals surface area contributed by atoms with Gasteiger partial charge in [-0.2, -0.15) is 0 Å². The maximum Gasteiger partial charge on any atom is 0.0635 e. The van der Waals surface area contributed by atoms with E-state index in [-0.39, 0.29) is 0 Å². The van der Waals surface area contributed by atoms with Gasteiger partial charge in [0.15, 0.2) is 0 Å². The van der Waals surface area contributed by atoms with Crippen molar-refractivity contribution in [3.05, 3.63) is 81.5 Å². The highest BCUT2D eigenvalue weighted by molar-refractivity contribution is 7.38. The molecule has 0 bridgehead atoms. The van der Waals surface area contributed by atoms with E-state index in [1.54, 1.807) is 0 Å². The minimum Gasteiger partial charge on any atom is -0.372 e. The molecule has 5 heteroatoms. The number of benzene rings is 2. The van der Waals surface area contributed by atoms with Gasteiger partial charge in [-0.15, -0.1) is 34.0 Å². The van der Waals surface area contributed by atoms with Crippen LogP contribution in [0, 0.1) is 0 Å². The van der Waals surface area contributed by atoms with Crippen LogP contribution in [-0.4, -0.2) is 26.2 Å². The zero-order chi connectivity index (χ0) is 31.4. The topological polar surface area (TPSA) is 6.48 Å². The maximum atomic E-state index is 2.55. The van der Waals surface area contributed by atoms with E-state index in [9.17, 15) is 0 Å². The Labute approximate surface area is 283 Å². The second kappa shape index (κ2) is 17.2. The molecular formula is C40H50N2S3. The first-order valence-electron chi connectivity index (χ1n) is 17.1. The molecule has 0 radical (unpaired) electrons. The lowest BCUT2D eigenvalue weighted by molar-refractivity contribution is 0.678. The van der Waals surface area contributed by atoms with Crippen LogP contribution in [0.4, 0.5) is 11.4 Å². The van der Waals surface area contributed by atoms with Crippen molar-refractivity contribution in [2.45, 2.75) is 79.1 Å². The number of hydrogen-bond donors (Lipinski definition) is 0. The van der Waals surface area contributed by atoms with Gasteiger partial charge >= 0.3 is 0 Å². The van der Waals surface area contributed by atoms with E-state index in [0.29, 0.717) is 0 Å². The van der Waals surface area contributed by atoms with Crippen molar-refractivity contribution in [1.29, 1.82) is 0 Å². The third-order valence-electron chi connectivity index (χ3n) is 8.38. The molecule has 3 heterocycles. The van der Waals surface area contributed by atoms with Gasteiger partial charge in [0, 0.05) is 56.7 Å². The SMILES string of the molecule is CCCCN(CCCC)c1ccc(C=Cc2cc3sc4cc(C=Cc5ccc(N(CCCC)CCCC)cc5)sc4c3s2)cc1. The number of rotatable bonds is 18. The van der Waals surface area contributed by atoms with Gasteiger partial charge in [-0.25, -0.2) is 0 Å². The molecule has 238 valence electrons. The Kier molecular flexibility index (Phi) is 12.8. The maximum absolute atomic E-state index is 2.55. The van der Waals surface area contributed by atoms with Crippen molar-refractivity contribution in [3.63, 3.8) is 0 Å². The molecule has 0 saturated heterocycles. The lowest BCUT2D eigenvalue weighted by Gasteiger charge is -2.24. The van der Waals surface area contributed by atoms with Gasteiger partial charge < -0.3 is 9.80 Å². The van der Waals surface area contributed by atoms with Crippen molar-refractivity contribution >= 4 is 88.5 Å². The van der Waals surface area contributed by atoms with Gasteiger partial charge in [-0.3, -0.25) is 0 Å². The lowest BCUT2D eigenvalue weighted by Crippen LogP contribution is -2.25. The number of unbranched alkanes of at least 4 members (excludes halogenated alkanes) is 4. The molecule has 0 aliphatic rings. The van der Waals surface area contributed by atoms with E-state index in [2.05, 4.69) is 122 Å². The summed E-state index contributed by atoms with van der Waals surface area (Å²) in [6, 6.07) is 23.0. The Hall–Kier alpha value is -2.86. The standard InChI is InChI=1S/C40H50N2S3/c1-5-9-25-41(26-10-6-2)33-19-13-31(14-20-33)17-23-35-29-37-39(43-35)40-38(45-37)30-36(44-40)24-18-32-15-21-34(22-16-32)42(27-11-7-3)28-12-8-4/h13-24,29-30H,5-12,25-28H2,1-4H3. The molecule has 45 heavy (non-hydrogen) atoms. The molecule has 5 aromatic rings. The molecule has 5 rings (SSSR count). The summed E-state index contributed by atoms with van der Waals surface area (Å²) in [7, 11) is 0. The predicted molar refractivity (Wildman–Crippen MR) is 210 cm³/mol. The highest BCUT2D eigenvalue weighted by Crippen LogP contribution is 2.44. The highest BCUT2D eigenvalue weighted by atomic mass is 32.1. The lowest BCUT2D eigenvalue weighted by atomic mass is 10.1. The molecule has 2 aromatic carbocycles. The molecule has 0 amide bonds. The quantitative estimate of drug-likeness (QED) is 0.0927. The monoisotopic (exact) mass is 654 g/mol. The van der Waals surface area contributed by atoms with Crippen LogP contribution >= 0.6 is 34.0 Å². The van der Waals surface area contributed by atoms with Crippen LogP contribution in [-0.2, 0) is 0 Å². The van der Waals surface area contributed by atoms with Crippen molar-refractivity contribution < 1.29 is 0 Å². The molecule has 0 aliphatic heterocycles. The van der Waals surface area contributed by atoms with Gasteiger partial charge in [0.1, 0.15) is 0 Å². The normalized spacial score (nSPS) is 12.0. The van der Waals surface area contributed by atoms with Gasteiger partial charge in [0.25, 0.3) is 0 Å². The summed E-state index contributed by atoms with van der Waals surface area (Å²) in [6.07, 6.45) is 19.1. The zero-order valence-electron chi connectivity index (χ0n) is 27.7. The summed E-state index contributed by atoms with van der Waals surface area (Å²) < 4.78 is 5.67. The Morgan fingerprint density at radius 1 is 0.467 bits per heavy atom. The second-order valence-corrected chi connectivity index (χ2v) is 15.3. The van der Waals surface area contributed by atoms with Crippen LogP contribution in [0.25, 0.3) is 43.1 Å². The summed E-state index contributed by atoms with van der Waals surface area (Å²) in [6.45, 7) is 13.7. The third-order valence-corrected chi connectivity index (χ3v) is 12.1. The average molecular weight is 655 g/mol. The summed E-state index contributed by atoms with van der Waals surface area (Å²) in [5, 5.41) is 0. The first-order chi connectivity index (χ1) is 22.1. The first-order valence-corrected chi connectivity index (χ1v) is 19.6. The fourth-order valence-electron chi connectivity index (χ4n) is 5.62. The molecule has 3 aromatic heterocycles. The molecule has 0 N–H and O–H groups in total. The Bertz CT molecular complexity index is 1510. The van der Waals surface area contributed by atoms with Crippen molar-refractivity contribution in [2.24, 2.45) is 0 Å². The van der Waals surface area contributed by atoms with Crippen molar-refractivity contribution in [1.82, 2.24) is 0 Å². The van der Waals surface area contributed by atoms with E-state index >= 15 is 0 Å². The third kappa shape index (κ3) is 9.12. The summed E-state index contributed by atoms with van der Waals surface area (Å²) in [5.74, 6) is 0. The summed E-state index contributed by atoms with van der Waals surface area (Å²) >= 11 is 5.76. The van der Waals surface area contributed by atoms with E-state index in [4.69, 9.17) is 0 Å². The van der Waals surface area contributed by atoms with Crippen molar-refractivity contribution in [2.75, 3.05) is 36.0 Å². The minimum atomic E-state index is 1.15. The molecule has 0 fully saturated rings. The van der Waals surface area contributed by atoms with E-state index in [1.165, 1.54) is 102 Å². The number of nitrogens with zero attached hydrogens (tertiary/aromatic N) is 2. The largest absolute Gasteiger partial charge is 0.372 e. The van der Waals surface area contributed by atoms with Crippen LogP contribution in [0.15, 0.2) is 60.7 Å². The molecule has 0 unspecified atom stereocenters. The molecular weight excluding hydrogens is 605 g/mol. The van der Waals surface area contributed by atoms with Crippen LogP contribution in [0.5, 0.6) is 0 Å². The highest BCUT2D eigenvalue weighted by Gasteiger charge is 2.12. The van der Waals surface area contributed by atoms with E-state index < -0.39 is 0 Å². The molecule has 2 nitrogen and oxygen atoms in total. The fraction of sp³-hybridized carbons (Fsp3) is 0.400. The fourth-order valence-corrected chi connectivity index (χ4v) is 9.47. The summed E-state index contributed by atoms with van der Waals surface area (Å²) in [5.41, 5.74) is 5.23. The molecule has 0 saturated carbocycles. The van der Waals surface area contributed by atoms with Gasteiger partial charge in [-0.05, 0) is 85.4 Å². The van der Waals surface area contributed by atoms with Crippen LogP contribution in [0.1, 0.15) is 99.9 Å². The van der Waals surface area contributed by atoms with Crippen molar-refractivity contribution in [3.8, 4) is 0 Å². The van der Waals surface area contributed by atoms with Gasteiger partial charge in [0.2, 0.25) is 0 Å². The second-order valence-electron chi connectivity index (χ2n) is 12.0. The Morgan fingerprint density at radius 3 is 1.16 bits per heavy atom. The predicted octanol–water partition coefficient (Wildman–Crippen LogP) is 13.3. The smallest absolute Gasteiger partial charge is 0.0635 e. The van der Waals surface area contributed by atoms with E-state index in [0.717, 1.165) is 26.2 Å². The number of fused-ring (bicyclic) bond motifs is 3. The molecule has 0 spiro atoms. The van der Waals surface area contributed by atoms with Crippen LogP contribution < -0.4 is 9.80 Å². The minimum absolute atomic E-state index is 1.15. The van der Waals surface area contributed by atoms with Gasteiger partial charge in [0.05, 0.1) is 9.40 Å². The molecule has 0 aliphatic carbocycles. The number of hydrogen-bond acceptors (Lipinski definition) is 5. The summed E-state index contributed by atoms with van der Waals surface area (Å²) in [4.78, 5) is 7.76. The number of anilines is 2. The first kappa shape index (κ1) is 33.5. The van der Waals surface area contributed by atoms with Crippen LogP contribution in [0.3, 0.4) is 0 Å². The Morgan fingerprint density at radius 2 is 0.822 bits per heavy atom. The van der Waals surface area contributed by atoms with Crippen LogP contribution in [0.2, 0.25) is 0 Å². The Balaban J connectivity index is 1.24. The number of thiophene rings is 3.